The first-order chi connectivity index (χ1) is 13.6. The van der Waals surface area contributed by atoms with E-state index in [-0.39, 0.29) is 6.67 Å². The Kier molecular flexibility index (Phi) is 10.0. The minimum atomic E-state index is -0.375. The molecule has 0 bridgehead atoms. The van der Waals surface area contributed by atoms with Crippen LogP contribution in [0.3, 0.4) is 0 Å². The second-order valence-corrected chi connectivity index (χ2v) is 8.34. The van der Waals surface area contributed by atoms with Crippen LogP contribution >= 0.6 is 0 Å². The van der Waals surface area contributed by atoms with Gasteiger partial charge in [0, 0.05) is 31.7 Å². The molecule has 1 heterocycles. The molecule has 1 N–H and O–H groups in total. The molecule has 1 aromatic carbocycles. The minimum absolute atomic E-state index is 0.375. The molecule has 0 aromatic heterocycles. The van der Waals surface area contributed by atoms with Crippen LogP contribution in [0, 0.1) is 0 Å². The van der Waals surface area contributed by atoms with Crippen LogP contribution in [0.1, 0.15) is 64.5 Å². The Bertz CT molecular complexity index is 568. The van der Waals surface area contributed by atoms with Crippen molar-refractivity contribution in [3.8, 4) is 0 Å². The number of likely N-dealkylation sites (tertiary alicyclic amines) is 1. The van der Waals surface area contributed by atoms with Crippen LogP contribution in [0.4, 0.5) is 4.39 Å². The normalized spacial score (nSPS) is 16.0. The van der Waals surface area contributed by atoms with Crippen molar-refractivity contribution in [1.29, 1.82) is 0 Å². The number of alkyl halides is 1. The van der Waals surface area contributed by atoms with Crippen LogP contribution < -0.4 is 5.32 Å². The zero-order valence-electron chi connectivity index (χ0n) is 18.4. The van der Waals surface area contributed by atoms with Crippen LogP contribution in [-0.2, 0) is 13.2 Å². The van der Waals surface area contributed by atoms with Crippen LogP contribution in [-0.4, -0.2) is 48.1 Å². The first-order valence-corrected chi connectivity index (χ1v) is 11.1. The summed E-state index contributed by atoms with van der Waals surface area (Å²) in [5, 5.41) is 3.47. The van der Waals surface area contributed by atoms with E-state index in [1.807, 2.05) is 12.1 Å². The third kappa shape index (κ3) is 7.21. The van der Waals surface area contributed by atoms with Gasteiger partial charge in [-0.2, -0.15) is 0 Å². The van der Waals surface area contributed by atoms with Crippen LogP contribution in [0.2, 0.25) is 0 Å². The minimum Gasteiger partial charge on any atom is -0.390 e. The highest BCUT2D eigenvalue weighted by molar-refractivity contribution is 5.22. The number of rotatable bonds is 11. The van der Waals surface area contributed by atoms with Gasteiger partial charge in [-0.05, 0) is 69.9 Å². The van der Waals surface area contributed by atoms with E-state index in [2.05, 4.69) is 61.1 Å². The predicted molar refractivity (Wildman–Crippen MR) is 118 cm³/mol. The second-order valence-electron chi connectivity index (χ2n) is 8.34. The van der Waals surface area contributed by atoms with Crippen LogP contribution in [0.25, 0.3) is 0 Å². The molecule has 1 fully saturated rings. The highest BCUT2D eigenvalue weighted by Gasteiger charge is 2.27. The van der Waals surface area contributed by atoms with E-state index in [1.165, 1.54) is 36.8 Å². The lowest BCUT2D eigenvalue weighted by Crippen LogP contribution is -2.50. The number of halogens is 1. The Morgan fingerprint density at radius 1 is 1.14 bits per heavy atom. The first-order valence-electron chi connectivity index (χ1n) is 11.1. The van der Waals surface area contributed by atoms with Crippen LogP contribution in [0.15, 0.2) is 36.0 Å². The highest BCUT2D eigenvalue weighted by Crippen LogP contribution is 2.22. The van der Waals surface area contributed by atoms with E-state index in [4.69, 9.17) is 0 Å². The summed E-state index contributed by atoms with van der Waals surface area (Å²) >= 11 is 0. The fraction of sp³-hybridized carbons (Fsp3) is 0.667. The summed E-state index contributed by atoms with van der Waals surface area (Å²) in [4.78, 5) is 5.31. The molecular weight excluding hydrogens is 349 g/mol. The molecule has 1 saturated heterocycles. The number of hydrogen-bond acceptors (Lipinski definition) is 3. The van der Waals surface area contributed by atoms with Crippen molar-refractivity contribution >= 4 is 0 Å². The van der Waals surface area contributed by atoms with Gasteiger partial charge in [0.05, 0.1) is 0 Å². The highest BCUT2D eigenvalue weighted by atomic mass is 19.1. The summed E-state index contributed by atoms with van der Waals surface area (Å²) < 4.78 is 12.7. The number of benzene rings is 1. The van der Waals surface area contributed by atoms with Crippen molar-refractivity contribution in [2.75, 3.05) is 26.2 Å². The van der Waals surface area contributed by atoms with Gasteiger partial charge in [-0.1, -0.05) is 43.7 Å². The third-order valence-corrected chi connectivity index (χ3v) is 5.93. The lowest BCUT2D eigenvalue weighted by molar-refractivity contribution is 0.0683. The topological polar surface area (TPSA) is 18.5 Å². The van der Waals surface area contributed by atoms with Crippen molar-refractivity contribution in [2.24, 2.45) is 0 Å². The Labute approximate surface area is 172 Å². The molecule has 4 heteroatoms. The molecule has 0 aliphatic carbocycles. The van der Waals surface area contributed by atoms with Crippen molar-refractivity contribution in [3.63, 3.8) is 0 Å². The molecule has 2 rings (SSSR count). The summed E-state index contributed by atoms with van der Waals surface area (Å²) in [6.45, 7) is 13.9. The van der Waals surface area contributed by atoms with Gasteiger partial charge in [0.25, 0.3) is 0 Å². The second kappa shape index (κ2) is 12.2. The van der Waals surface area contributed by atoms with Crippen molar-refractivity contribution in [1.82, 2.24) is 15.1 Å². The average Bonchev–Trinajstić information content (AvgIpc) is 2.71. The summed E-state index contributed by atoms with van der Waals surface area (Å²) in [6, 6.07) is 9.34. The quantitative estimate of drug-likeness (QED) is 0.530. The maximum atomic E-state index is 12.7. The van der Waals surface area contributed by atoms with E-state index < -0.39 is 0 Å². The fourth-order valence-corrected chi connectivity index (χ4v) is 4.29. The SMILES string of the molecule is CCC(CC)N(CCNC=C(C)C)C1CCN(Cc2ccc(CF)cc2)CC1. The lowest BCUT2D eigenvalue weighted by atomic mass is 9.98. The summed E-state index contributed by atoms with van der Waals surface area (Å²) in [5.74, 6) is 0. The van der Waals surface area contributed by atoms with E-state index >= 15 is 0 Å². The van der Waals surface area contributed by atoms with Gasteiger partial charge in [-0.15, -0.1) is 0 Å². The van der Waals surface area contributed by atoms with Crippen LogP contribution in [0.5, 0.6) is 0 Å². The number of nitrogens with zero attached hydrogens (tertiary/aromatic N) is 2. The summed E-state index contributed by atoms with van der Waals surface area (Å²) in [5.41, 5.74) is 3.38. The number of piperidine rings is 1. The number of hydrogen-bond donors (Lipinski definition) is 1. The van der Waals surface area contributed by atoms with E-state index in [1.54, 1.807) is 0 Å². The molecule has 3 nitrogen and oxygen atoms in total. The summed E-state index contributed by atoms with van der Waals surface area (Å²) in [6.07, 6.45) is 7.05. The maximum absolute atomic E-state index is 12.7. The molecule has 1 aliphatic heterocycles. The largest absolute Gasteiger partial charge is 0.390 e. The molecule has 0 unspecified atom stereocenters. The van der Waals surface area contributed by atoms with E-state index in [0.717, 1.165) is 38.3 Å². The first kappa shape index (κ1) is 22.9. The molecule has 0 saturated carbocycles. The van der Waals surface area contributed by atoms with Gasteiger partial charge in [0.2, 0.25) is 0 Å². The molecule has 0 spiro atoms. The third-order valence-electron chi connectivity index (χ3n) is 5.93. The van der Waals surface area contributed by atoms with Gasteiger partial charge in [-0.25, -0.2) is 4.39 Å². The van der Waals surface area contributed by atoms with Gasteiger partial charge in [0.1, 0.15) is 6.67 Å². The molecule has 1 aliphatic rings. The molecule has 0 atom stereocenters. The predicted octanol–water partition coefficient (Wildman–Crippen LogP) is 5.12. The lowest BCUT2D eigenvalue weighted by Gasteiger charge is -2.42. The zero-order chi connectivity index (χ0) is 20.4. The maximum Gasteiger partial charge on any atom is 0.115 e. The van der Waals surface area contributed by atoms with Crippen molar-refractivity contribution < 1.29 is 4.39 Å². The van der Waals surface area contributed by atoms with Crippen molar-refractivity contribution in [3.05, 3.63) is 47.2 Å². The fourth-order valence-electron chi connectivity index (χ4n) is 4.29. The van der Waals surface area contributed by atoms with E-state index in [0.29, 0.717) is 12.1 Å². The van der Waals surface area contributed by atoms with E-state index in [9.17, 15) is 4.39 Å². The average molecular weight is 390 g/mol. The van der Waals surface area contributed by atoms with Gasteiger partial charge in [0.15, 0.2) is 0 Å². The smallest absolute Gasteiger partial charge is 0.115 e. The van der Waals surface area contributed by atoms with Gasteiger partial charge in [-0.3, -0.25) is 9.80 Å². The Morgan fingerprint density at radius 2 is 1.75 bits per heavy atom. The van der Waals surface area contributed by atoms with Crippen molar-refractivity contribution in [2.45, 2.75) is 78.7 Å². The zero-order valence-corrected chi connectivity index (χ0v) is 18.4. The number of nitrogens with one attached hydrogen (secondary N) is 1. The molecule has 1 aromatic rings. The monoisotopic (exact) mass is 389 g/mol. The Morgan fingerprint density at radius 3 is 2.29 bits per heavy atom. The molecule has 0 amide bonds. The standard InChI is InChI=1S/C24H40FN3/c1-5-23(6-2)28(16-13-26-18-20(3)4)24-11-14-27(15-12-24)19-22-9-7-21(17-25)8-10-22/h7-10,18,23-24,26H,5-6,11-17,19H2,1-4H3. The van der Waals surface area contributed by atoms with Gasteiger partial charge < -0.3 is 5.32 Å². The number of allylic oxidation sites excluding steroid dienone is 1. The molecular formula is C24H40FN3. The summed E-state index contributed by atoms with van der Waals surface area (Å²) in [7, 11) is 0. The molecule has 28 heavy (non-hydrogen) atoms. The Balaban J connectivity index is 1.87. The van der Waals surface area contributed by atoms with Gasteiger partial charge >= 0.3 is 0 Å². The molecule has 0 radical (unpaired) electrons. The Hall–Kier alpha value is -1.39. The molecule has 158 valence electrons.